The van der Waals surface area contributed by atoms with Gasteiger partial charge in [-0.3, -0.25) is 0 Å². The van der Waals surface area contributed by atoms with E-state index in [-0.39, 0.29) is 39.6 Å². The monoisotopic (exact) mass is 392 g/mol. The summed E-state index contributed by atoms with van der Waals surface area (Å²) in [5.74, 6) is 1.47. The van der Waals surface area contributed by atoms with Gasteiger partial charge in [-0.15, -0.1) is 0 Å². The van der Waals surface area contributed by atoms with Gasteiger partial charge in [-0.05, 0) is 19.3 Å². The Hall–Kier alpha value is 0.0300. The molecule has 0 spiro atoms. The average molecular weight is 393 g/mol. The zero-order valence-corrected chi connectivity index (χ0v) is 16.4. The van der Waals surface area contributed by atoms with Gasteiger partial charge in [0.1, 0.15) is 0 Å². The predicted octanol–water partition coefficient (Wildman–Crippen LogP) is -0.778. The molecule has 0 aliphatic rings. The number of aliphatic hydroxyl groups excluding tert-OH is 7. The normalized spacial score (nSPS) is 9.12. The number of unbranched alkanes of at least 4 members (excludes halogenated alkanes) is 2. The van der Waals surface area contributed by atoms with E-state index in [0.29, 0.717) is 19.8 Å². The molecule has 0 saturated heterocycles. The molecule has 0 saturated carbocycles. The van der Waals surface area contributed by atoms with Gasteiger partial charge in [0, 0.05) is 31.3 Å². The molecule has 0 bridgehead atoms. The maximum Gasteiger partial charge on any atom is 0.0698 e. The first-order chi connectivity index (χ1) is 12.2. The van der Waals surface area contributed by atoms with Crippen molar-refractivity contribution in [2.75, 3.05) is 71.0 Å². The zero-order valence-electron chi connectivity index (χ0n) is 15.6. The molecule has 0 aromatic rings. The quantitative estimate of drug-likeness (QED) is 0.200. The Morgan fingerprint density at radius 1 is 0.560 bits per heavy atom. The van der Waals surface area contributed by atoms with Crippen LogP contribution in [-0.4, -0.2) is 107 Å². The fourth-order valence-corrected chi connectivity index (χ4v) is 1.31. The van der Waals surface area contributed by atoms with Crippen LogP contribution in [0.25, 0.3) is 0 Å². The Morgan fingerprint density at radius 3 is 1.16 bits per heavy atom. The Bertz CT molecular complexity index is 143. The lowest BCUT2D eigenvalue weighted by molar-refractivity contribution is 0.0650. The molecule has 0 unspecified atom stereocenters. The van der Waals surface area contributed by atoms with Crippen LogP contribution in [0.4, 0.5) is 0 Å². The van der Waals surface area contributed by atoms with Gasteiger partial charge in [-0.25, -0.2) is 0 Å². The molecule has 0 fully saturated rings. The van der Waals surface area contributed by atoms with E-state index < -0.39 is 0 Å². The molecule has 0 aliphatic carbocycles. The van der Waals surface area contributed by atoms with Crippen molar-refractivity contribution in [3.8, 4) is 0 Å². The Balaban J connectivity index is -0.000000119. The number of hydrogen-bond donors (Lipinski definition) is 7. The van der Waals surface area contributed by atoms with Crippen molar-refractivity contribution < 1.29 is 40.5 Å². The summed E-state index contributed by atoms with van der Waals surface area (Å²) in [5.41, 5.74) is 0. The molecular weight excluding hydrogens is 352 g/mol. The highest BCUT2D eigenvalue weighted by Crippen LogP contribution is 1.94. The Morgan fingerprint density at radius 2 is 0.960 bits per heavy atom. The third kappa shape index (κ3) is 68.7. The van der Waals surface area contributed by atoms with Crippen molar-refractivity contribution >= 4 is 11.8 Å². The highest BCUT2D eigenvalue weighted by atomic mass is 32.2. The second-order valence-electron chi connectivity index (χ2n) is 4.35. The number of rotatable bonds is 13. The average Bonchev–Trinajstić information content (AvgIpc) is 2.63. The first-order valence-electron chi connectivity index (χ1n) is 8.58. The van der Waals surface area contributed by atoms with E-state index >= 15 is 0 Å². The van der Waals surface area contributed by atoms with Crippen LogP contribution in [-0.2, 0) is 4.74 Å². The lowest BCUT2D eigenvalue weighted by Crippen LogP contribution is -2.03. The minimum Gasteiger partial charge on any atom is -0.396 e. The Kier molecular flexibility index (Phi) is 57.4. The third-order valence-corrected chi connectivity index (χ3v) is 2.96. The fourth-order valence-electron chi connectivity index (χ4n) is 0.844. The predicted molar refractivity (Wildman–Crippen MR) is 102 cm³/mol. The lowest BCUT2D eigenvalue weighted by atomic mass is 10.3. The van der Waals surface area contributed by atoms with Crippen LogP contribution in [0.15, 0.2) is 0 Å². The molecule has 0 radical (unpaired) electrons. The summed E-state index contributed by atoms with van der Waals surface area (Å²) in [7, 11) is 0. The van der Waals surface area contributed by atoms with Crippen LogP contribution in [0.5, 0.6) is 0 Å². The topological polar surface area (TPSA) is 151 Å². The molecule has 8 nitrogen and oxygen atoms in total. The summed E-state index contributed by atoms with van der Waals surface area (Å²) in [6, 6.07) is 0. The van der Waals surface area contributed by atoms with Crippen LogP contribution < -0.4 is 0 Å². The SMILES string of the molecule is CCCCO.OCCCCO.OCCOCCO.OCCSCCO. The van der Waals surface area contributed by atoms with E-state index in [2.05, 4.69) is 11.7 Å². The molecule has 0 aromatic heterocycles. The van der Waals surface area contributed by atoms with E-state index in [9.17, 15) is 0 Å². The highest BCUT2D eigenvalue weighted by molar-refractivity contribution is 7.99. The molecule has 0 aromatic carbocycles. The number of ether oxygens (including phenoxy) is 1. The molecule has 0 aliphatic heterocycles. The van der Waals surface area contributed by atoms with Crippen molar-refractivity contribution in [3.63, 3.8) is 0 Å². The maximum atomic E-state index is 8.19. The Labute approximate surface area is 156 Å². The smallest absolute Gasteiger partial charge is 0.0698 e. The van der Waals surface area contributed by atoms with Crippen molar-refractivity contribution in [1.82, 2.24) is 0 Å². The zero-order chi connectivity index (χ0) is 20.0. The van der Waals surface area contributed by atoms with E-state index in [1.807, 2.05) is 0 Å². The molecule has 0 atom stereocenters. The van der Waals surface area contributed by atoms with E-state index in [1.165, 1.54) is 0 Å². The third-order valence-electron chi connectivity index (χ3n) is 2.02. The maximum absolute atomic E-state index is 8.19. The minimum absolute atomic E-state index is 0.0278. The summed E-state index contributed by atoms with van der Waals surface area (Å²) in [6.07, 6.45) is 3.48. The molecule has 0 heterocycles. The second-order valence-corrected chi connectivity index (χ2v) is 5.58. The van der Waals surface area contributed by atoms with Crippen molar-refractivity contribution in [2.24, 2.45) is 0 Å². The van der Waals surface area contributed by atoms with Crippen LogP contribution in [0.1, 0.15) is 32.6 Å². The van der Waals surface area contributed by atoms with Crippen LogP contribution in [0, 0.1) is 0 Å². The lowest BCUT2D eigenvalue weighted by Gasteiger charge is -1.94. The fraction of sp³-hybridized carbons (Fsp3) is 1.00. The molecular formula is C16H40O8S. The van der Waals surface area contributed by atoms with E-state index in [0.717, 1.165) is 37.2 Å². The molecule has 0 amide bonds. The van der Waals surface area contributed by atoms with Crippen molar-refractivity contribution in [1.29, 1.82) is 0 Å². The molecule has 9 heteroatoms. The van der Waals surface area contributed by atoms with Crippen LogP contribution >= 0.6 is 11.8 Å². The first-order valence-corrected chi connectivity index (χ1v) is 9.73. The summed E-state index contributed by atoms with van der Waals surface area (Å²) >= 11 is 1.55. The van der Waals surface area contributed by atoms with Gasteiger partial charge >= 0.3 is 0 Å². The largest absolute Gasteiger partial charge is 0.396 e. The van der Waals surface area contributed by atoms with Crippen molar-refractivity contribution in [2.45, 2.75) is 32.6 Å². The van der Waals surface area contributed by atoms with Crippen LogP contribution in [0.2, 0.25) is 0 Å². The molecule has 158 valence electrons. The van der Waals surface area contributed by atoms with Gasteiger partial charge in [-0.2, -0.15) is 11.8 Å². The van der Waals surface area contributed by atoms with Gasteiger partial charge in [0.2, 0.25) is 0 Å². The number of aliphatic hydroxyl groups is 7. The van der Waals surface area contributed by atoms with E-state index in [4.69, 9.17) is 35.7 Å². The molecule has 7 N–H and O–H groups in total. The van der Waals surface area contributed by atoms with Gasteiger partial charge in [-0.1, -0.05) is 13.3 Å². The minimum atomic E-state index is 0.0278. The van der Waals surface area contributed by atoms with Gasteiger partial charge in [0.05, 0.1) is 39.6 Å². The summed E-state index contributed by atoms with van der Waals surface area (Å²) < 4.78 is 4.63. The standard InChI is InChI=1S/C4H10O3.C4H10O2S.C4H10O2.C4H10O/c2*5-1-3-7-4-2-6;5-3-1-2-4-6;1-2-3-4-5/h2*5-6H,1-4H2;5-6H,1-4H2;5H,2-4H2,1H3. The van der Waals surface area contributed by atoms with Crippen LogP contribution in [0.3, 0.4) is 0 Å². The highest BCUT2D eigenvalue weighted by Gasteiger charge is 1.81. The van der Waals surface area contributed by atoms with Crippen molar-refractivity contribution in [3.05, 3.63) is 0 Å². The molecule has 25 heavy (non-hydrogen) atoms. The summed E-state index contributed by atoms with van der Waals surface area (Å²) in [6.45, 7) is 3.91. The van der Waals surface area contributed by atoms with E-state index in [1.54, 1.807) is 11.8 Å². The molecule has 0 rings (SSSR count). The van der Waals surface area contributed by atoms with Gasteiger partial charge < -0.3 is 40.5 Å². The summed E-state index contributed by atoms with van der Waals surface area (Å²) in [4.78, 5) is 0. The first kappa shape index (κ1) is 32.7. The number of hydrogen-bond acceptors (Lipinski definition) is 9. The number of thioether (sulfide) groups is 1. The second kappa shape index (κ2) is 43.9. The van der Waals surface area contributed by atoms with Gasteiger partial charge in [0.15, 0.2) is 0 Å². The van der Waals surface area contributed by atoms with Gasteiger partial charge in [0.25, 0.3) is 0 Å². The summed E-state index contributed by atoms with van der Waals surface area (Å²) in [5, 5.41) is 56.8.